The summed E-state index contributed by atoms with van der Waals surface area (Å²) in [6, 6.07) is 0. The van der Waals surface area contributed by atoms with Crippen LogP contribution in [0.3, 0.4) is 0 Å². The number of rotatable bonds is 17. The van der Waals surface area contributed by atoms with Crippen LogP contribution in [0.2, 0.25) is 0 Å². The smallest absolute Gasteiger partial charge is 0.366 e. The monoisotopic (exact) mass is 578 g/mol. The second-order valence-corrected chi connectivity index (χ2v) is 11.6. The van der Waals surface area contributed by atoms with Crippen molar-refractivity contribution >= 4 is 11.9 Å². The van der Waals surface area contributed by atoms with Crippen LogP contribution in [0.4, 0.5) is 0 Å². The van der Waals surface area contributed by atoms with E-state index < -0.39 is 24.3 Å². The number of allylic oxidation sites excluding steroid dienone is 4. The number of esters is 2. The number of hydrogen-bond acceptors (Lipinski definition) is 8. The highest BCUT2D eigenvalue weighted by Gasteiger charge is 2.47. The molecule has 8 heteroatoms. The predicted molar refractivity (Wildman–Crippen MR) is 157 cm³/mol. The van der Waals surface area contributed by atoms with Gasteiger partial charge in [0, 0.05) is 32.5 Å². The first-order valence-electron chi connectivity index (χ1n) is 16.1. The summed E-state index contributed by atoms with van der Waals surface area (Å²) in [7, 11) is 1.36. The van der Waals surface area contributed by atoms with Gasteiger partial charge in [-0.3, -0.25) is 4.79 Å². The predicted octanol–water partition coefficient (Wildman–Crippen LogP) is 7.15. The van der Waals surface area contributed by atoms with Gasteiger partial charge in [-0.15, -0.1) is 0 Å². The van der Waals surface area contributed by atoms with Gasteiger partial charge in [0.05, 0.1) is 7.11 Å². The average molecular weight is 579 g/mol. The van der Waals surface area contributed by atoms with Gasteiger partial charge in [-0.05, 0) is 83.0 Å². The fourth-order valence-electron chi connectivity index (χ4n) is 6.12. The standard InChI is InChI=1S/C33H54O8/c1-4-5-6-7-8-10-17-27-21-22-29(39-26(2)34)28(27)18-11-9-14-23-33(32(35)36-3,40-30-19-12-15-24-37-30)41-31-20-13-16-25-38-31/h9-11,17,27-31H,4-8,12-16,18-25H2,1-3H3/b11-9-,17-10+/t27-,28+,29?,30?,31?,33?/m0/s1. The minimum atomic E-state index is -1.60. The first-order valence-corrected chi connectivity index (χ1v) is 16.1. The maximum absolute atomic E-state index is 13.2. The third-order valence-electron chi connectivity index (χ3n) is 8.37. The maximum Gasteiger partial charge on any atom is 0.366 e. The van der Waals surface area contributed by atoms with Crippen molar-refractivity contribution in [2.45, 2.75) is 141 Å². The van der Waals surface area contributed by atoms with Crippen molar-refractivity contribution in [3.8, 4) is 0 Å². The van der Waals surface area contributed by atoms with Gasteiger partial charge in [-0.25, -0.2) is 4.79 Å². The number of ether oxygens (including phenoxy) is 6. The highest BCUT2D eigenvalue weighted by molar-refractivity contribution is 5.77. The summed E-state index contributed by atoms with van der Waals surface area (Å²) >= 11 is 0. The molecule has 3 rings (SSSR count). The van der Waals surface area contributed by atoms with Crippen molar-refractivity contribution in [1.29, 1.82) is 0 Å². The van der Waals surface area contributed by atoms with Gasteiger partial charge in [-0.1, -0.05) is 50.5 Å². The molecule has 0 spiro atoms. The molecule has 0 radical (unpaired) electrons. The molecular weight excluding hydrogens is 524 g/mol. The summed E-state index contributed by atoms with van der Waals surface area (Å²) in [5.41, 5.74) is 0. The van der Waals surface area contributed by atoms with E-state index >= 15 is 0 Å². The molecule has 8 nitrogen and oxygen atoms in total. The highest BCUT2D eigenvalue weighted by atomic mass is 16.8. The SMILES string of the molecule is CCCCCC/C=C/[C@H]1CCC(OC(C)=O)[C@@H]1C/C=C\CCC(OC1CCCCO1)(OC1CCCCO1)C(=O)OC. The summed E-state index contributed by atoms with van der Waals surface area (Å²) in [5.74, 6) is -1.75. The van der Waals surface area contributed by atoms with Gasteiger partial charge >= 0.3 is 11.9 Å². The Morgan fingerprint density at radius 3 is 2.15 bits per heavy atom. The Balaban J connectivity index is 1.63. The van der Waals surface area contributed by atoms with Gasteiger partial charge in [0.2, 0.25) is 0 Å². The van der Waals surface area contributed by atoms with Gasteiger partial charge in [-0.2, -0.15) is 0 Å². The zero-order valence-corrected chi connectivity index (χ0v) is 25.7. The molecule has 0 aromatic rings. The molecule has 2 saturated heterocycles. The summed E-state index contributed by atoms with van der Waals surface area (Å²) in [6.45, 7) is 4.91. The topological polar surface area (TPSA) is 89.5 Å². The van der Waals surface area contributed by atoms with E-state index in [4.69, 9.17) is 28.4 Å². The maximum atomic E-state index is 13.2. The van der Waals surface area contributed by atoms with Crippen LogP contribution in [0.5, 0.6) is 0 Å². The Morgan fingerprint density at radius 2 is 1.56 bits per heavy atom. The van der Waals surface area contributed by atoms with E-state index in [0.717, 1.165) is 51.4 Å². The number of unbranched alkanes of at least 4 members (excludes halogenated alkanes) is 4. The molecule has 0 bridgehead atoms. The lowest BCUT2D eigenvalue weighted by atomic mass is 9.90. The van der Waals surface area contributed by atoms with Gasteiger partial charge in [0.15, 0.2) is 12.6 Å². The van der Waals surface area contributed by atoms with Crippen LogP contribution in [0.15, 0.2) is 24.3 Å². The lowest BCUT2D eigenvalue weighted by Crippen LogP contribution is -2.51. The first kappa shape index (κ1) is 33.8. The molecular formula is C33H54O8. The van der Waals surface area contributed by atoms with E-state index in [1.807, 2.05) is 0 Å². The molecule has 3 fully saturated rings. The quantitative estimate of drug-likeness (QED) is 0.0778. The van der Waals surface area contributed by atoms with E-state index in [2.05, 4.69) is 31.2 Å². The van der Waals surface area contributed by atoms with Crippen LogP contribution in [0.25, 0.3) is 0 Å². The van der Waals surface area contributed by atoms with E-state index in [-0.39, 0.29) is 24.4 Å². The van der Waals surface area contributed by atoms with Crippen LogP contribution in [0, 0.1) is 11.8 Å². The summed E-state index contributed by atoms with van der Waals surface area (Å²) < 4.78 is 35.1. The second kappa shape index (κ2) is 18.7. The van der Waals surface area contributed by atoms with Crippen LogP contribution in [-0.4, -0.2) is 56.7 Å². The van der Waals surface area contributed by atoms with E-state index in [0.29, 0.717) is 38.4 Å². The Morgan fingerprint density at radius 1 is 0.854 bits per heavy atom. The number of methoxy groups -OCH3 is 1. The van der Waals surface area contributed by atoms with E-state index in [1.54, 1.807) is 0 Å². The summed E-state index contributed by atoms with van der Waals surface area (Å²) in [5, 5.41) is 0. The molecule has 0 aromatic carbocycles. The molecule has 2 heterocycles. The number of carbonyl (C=O) groups is 2. The van der Waals surface area contributed by atoms with Gasteiger partial charge < -0.3 is 28.4 Å². The molecule has 5 atom stereocenters. The molecule has 3 aliphatic rings. The Kier molecular flexibility index (Phi) is 15.4. The molecule has 2 aliphatic heterocycles. The van der Waals surface area contributed by atoms with Crippen molar-refractivity contribution in [2.75, 3.05) is 20.3 Å². The van der Waals surface area contributed by atoms with Gasteiger partial charge in [0.25, 0.3) is 5.79 Å². The minimum absolute atomic E-state index is 0.0698. The zero-order chi connectivity index (χ0) is 29.3. The van der Waals surface area contributed by atoms with Crippen molar-refractivity contribution < 1.29 is 38.0 Å². The molecule has 41 heavy (non-hydrogen) atoms. The fraction of sp³-hybridized carbons (Fsp3) is 0.818. The van der Waals surface area contributed by atoms with Crippen molar-refractivity contribution in [3.63, 3.8) is 0 Å². The molecule has 234 valence electrons. The molecule has 0 aromatic heterocycles. The first-order chi connectivity index (χ1) is 20.0. The normalized spacial score (nSPS) is 28.6. The van der Waals surface area contributed by atoms with Crippen molar-refractivity contribution in [2.24, 2.45) is 11.8 Å². The largest absolute Gasteiger partial charge is 0.465 e. The molecule has 1 saturated carbocycles. The lowest BCUT2D eigenvalue weighted by Gasteiger charge is -2.38. The van der Waals surface area contributed by atoms with Crippen LogP contribution < -0.4 is 0 Å². The molecule has 3 unspecified atom stereocenters. The Labute approximate surface area is 247 Å². The molecule has 0 amide bonds. The van der Waals surface area contributed by atoms with Crippen LogP contribution in [-0.2, 0) is 38.0 Å². The van der Waals surface area contributed by atoms with Crippen LogP contribution in [0.1, 0.15) is 117 Å². The number of hydrogen-bond donors (Lipinski definition) is 0. The van der Waals surface area contributed by atoms with Gasteiger partial charge in [0.1, 0.15) is 6.10 Å². The number of carbonyl (C=O) groups excluding carboxylic acids is 2. The third kappa shape index (κ3) is 11.5. The fourth-order valence-corrected chi connectivity index (χ4v) is 6.12. The summed E-state index contributed by atoms with van der Waals surface area (Å²) in [4.78, 5) is 24.9. The molecule has 1 aliphatic carbocycles. The summed E-state index contributed by atoms with van der Waals surface area (Å²) in [6.07, 6.45) is 22.7. The van der Waals surface area contributed by atoms with Crippen molar-refractivity contribution in [3.05, 3.63) is 24.3 Å². The second-order valence-electron chi connectivity index (χ2n) is 11.6. The van der Waals surface area contributed by atoms with E-state index in [1.165, 1.54) is 39.7 Å². The highest BCUT2D eigenvalue weighted by Crippen LogP contribution is 2.38. The lowest BCUT2D eigenvalue weighted by molar-refractivity contribution is -0.352. The Hall–Kier alpha value is -1.74. The van der Waals surface area contributed by atoms with E-state index in [9.17, 15) is 9.59 Å². The van der Waals surface area contributed by atoms with Crippen molar-refractivity contribution in [1.82, 2.24) is 0 Å². The average Bonchev–Trinajstić information content (AvgIpc) is 3.35. The Bertz CT molecular complexity index is 792. The minimum Gasteiger partial charge on any atom is -0.465 e. The zero-order valence-electron chi connectivity index (χ0n) is 25.7. The van der Waals surface area contributed by atoms with Crippen LogP contribution >= 0.6 is 0 Å². The third-order valence-corrected chi connectivity index (χ3v) is 8.37. The molecule has 0 N–H and O–H groups in total.